The van der Waals surface area contributed by atoms with Gasteiger partial charge >= 0.3 is 5.97 Å². The van der Waals surface area contributed by atoms with Gasteiger partial charge in [0.15, 0.2) is 0 Å². The van der Waals surface area contributed by atoms with Crippen molar-refractivity contribution in [1.82, 2.24) is 5.32 Å². The van der Waals surface area contributed by atoms with Gasteiger partial charge < -0.3 is 21.9 Å². The fraction of sp³-hybridized carbons (Fsp3) is 0.545. The molecule has 0 radical (unpaired) electrons. The predicted octanol–water partition coefficient (Wildman–Crippen LogP) is -0.932. The molecule has 0 spiro atoms. The summed E-state index contributed by atoms with van der Waals surface area (Å²) in [5.74, 6) is -1.48. The third kappa shape index (κ3) is 8.22. The molecule has 0 unspecified atom stereocenters. The number of nitrogens with one attached hydrogen (secondary N) is 1. The number of hydrogen-bond donors (Lipinski definition) is 4. The summed E-state index contributed by atoms with van der Waals surface area (Å²) in [4.78, 5) is 33.1. The number of nitrogens with two attached hydrogens (primary N) is 2. The number of amides is 2. The quantitative estimate of drug-likeness (QED) is 0.303. The summed E-state index contributed by atoms with van der Waals surface area (Å²) in [6.45, 7) is 3.51. The minimum atomic E-state index is -1.13. The van der Waals surface area contributed by atoms with Crippen LogP contribution in [0.15, 0.2) is 12.7 Å². The van der Waals surface area contributed by atoms with Crippen molar-refractivity contribution in [2.45, 2.75) is 24.9 Å². The Balaban J connectivity index is 4.25. The molecule has 0 aliphatic heterocycles. The smallest absolute Gasteiger partial charge is 0.327 e. The van der Waals surface area contributed by atoms with E-state index in [0.717, 1.165) is 0 Å². The molecule has 108 valence electrons. The molecule has 0 aromatic carbocycles. The van der Waals surface area contributed by atoms with Crippen molar-refractivity contribution in [1.29, 1.82) is 0 Å². The van der Waals surface area contributed by atoms with E-state index in [2.05, 4.69) is 11.9 Å². The number of carboxylic acids is 1. The van der Waals surface area contributed by atoms with Crippen molar-refractivity contribution < 1.29 is 19.5 Å². The molecule has 0 aliphatic carbocycles. The molecule has 6 N–H and O–H groups in total. The van der Waals surface area contributed by atoms with Gasteiger partial charge in [-0.05, 0) is 6.42 Å². The Morgan fingerprint density at radius 1 is 1.42 bits per heavy atom. The van der Waals surface area contributed by atoms with Crippen LogP contribution in [0.5, 0.6) is 0 Å². The van der Waals surface area contributed by atoms with Gasteiger partial charge in [0.2, 0.25) is 11.8 Å². The van der Waals surface area contributed by atoms with Gasteiger partial charge in [-0.25, -0.2) is 4.79 Å². The minimum Gasteiger partial charge on any atom is -0.480 e. The second kappa shape index (κ2) is 9.40. The van der Waals surface area contributed by atoms with Gasteiger partial charge in [-0.1, -0.05) is 6.08 Å². The number of carbonyl (C=O) groups excluding carboxylic acids is 2. The SMILES string of the molecule is C=CCSC[C@H](NC(=O)[C@@H](N)CCC(N)=O)C(=O)O. The Morgan fingerprint density at radius 2 is 2.05 bits per heavy atom. The number of thioether (sulfide) groups is 1. The first kappa shape index (κ1) is 17.5. The average molecular weight is 289 g/mol. The summed E-state index contributed by atoms with van der Waals surface area (Å²) in [5.41, 5.74) is 10.5. The Labute approximate surface area is 115 Å². The summed E-state index contributed by atoms with van der Waals surface area (Å²) >= 11 is 1.33. The third-order valence-corrected chi connectivity index (χ3v) is 3.21. The van der Waals surface area contributed by atoms with Gasteiger partial charge in [0.05, 0.1) is 6.04 Å². The zero-order chi connectivity index (χ0) is 14.8. The van der Waals surface area contributed by atoms with Crippen molar-refractivity contribution in [2.75, 3.05) is 11.5 Å². The third-order valence-electron chi connectivity index (χ3n) is 2.17. The molecule has 0 bridgehead atoms. The van der Waals surface area contributed by atoms with Crippen LogP contribution in [0.4, 0.5) is 0 Å². The van der Waals surface area contributed by atoms with E-state index >= 15 is 0 Å². The molecule has 0 saturated heterocycles. The first-order valence-corrected chi connectivity index (χ1v) is 6.79. The summed E-state index contributed by atoms with van der Waals surface area (Å²) in [6, 6.07) is -1.96. The van der Waals surface area contributed by atoms with Crippen LogP contribution in [-0.2, 0) is 14.4 Å². The zero-order valence-electron chi connectivity index (χ0n) is 10.5. The first-order chi connectivity index (χ1) is 8.88. The van der Waals surface area contributed by atoms with Crippen LogP contribution < -0.4 is 16.8 Å². The van der Waals surface area contributed by atoms with E-state index in [-0.39, 0.29) is 18.6 Å². The molecule has 19 heavy (non-hydrogen) atoms. The van der Waals surface area contributed by atoms with E-state index in [1.807, 2.05) is 0 Å². The second-order valence-electron chi connectivity index (χ2n) is 3.84. The maximum Gasteiger partial charge on any atom is 0.327 e. The lowest BCUT2D eigenvalue weighted by atomic mass is 10.1. The molecule has 0 saturated carbocycles. The van der Waals surface area contributed by atoms with Crippen LogP contribution in [0.1, 0.15) is 12.8 Å². The highest BCUT2D eigenvalue weighted by atomic mass is 32.2. The molecule has 7 nitrogen and oxygen atoms in total. The van der Waals surface area contributed by atoms with Gasteiger partial charge in [0.25, 0.3) is 0 Å². The van der Waals surface area contributed by atoms with Gasteiger partial charge in [0, 0.05) is 17.9 Å². The second-order valence-corrected chi connectivity index (χ2v) is 4.91. The molecule has 2 atom stereocenters. The van der Waals surface area contributed by atoms with Crippen LogP contribution in [0.2, 0.25) is 0 Å². The maximum atomic E-state index is 11.6. The van der Waals surface area contributed by atoms with Gasteiger partial charge in [0.1, 0.15) is 6.04 Å². The Kier molecular flexibility index (Phi) is 8.64. The Morgan fingerprint density at radius 3 is 2.53 bits per heavy atom. The van der Waals surface area contributed by atoms with E-state index in [1.165, 1.54) is 11.8 Å². The summed E-state index contributed by atoms with van der Waals surface area (Å²) in [6.07, 6.45) is 1.72. The van der Waals surface area contributed by atoms with Crippen molar-refractivity contribution in [3.8, 4) is 0 Å². The van der Waals surface area contributed by atoms with E-state index in [0.29, 0.717) is 5.75 Å². The summed E-state index contributed by atoms with van der Waals surface area (Å²) in [7, 11) is 0. The zero-order valence-corrected chi connectivity index (χ0v) is 11.3. The number of carboxylic acid groups (broad SMARTS) is 1. The minimum absolute atomic E-state index is 0.0163. The monoisotopic (exact) mass is 289 g/mol. The Hall–Kier alpha value is -1.54. The highest BCUT2D eigenvalue weighted by Crippen LogP contribution is 2.04. The number of rotatable bonds is 10. The molecule has 0 heterocycles. The van der Waals surface area contributed by atoms with E-state index in [9.17, 15) is 14.4 Å². The molecule has 2 amide bonds. The van der Waals surface area contributed by atoms with Crippen LogP contribution >= 0.6 is 11.8 Å². The van der Waals surface area contributed by atoms with E-state index < -0.39 is 29.9 Å². The number of carbonyl (C=O) groups is 3. The topological polar surface area (TPSA) is 136 Å². The number of hydrogen-bond acceptors (Lipinski definition) is 5. The molecular formula is C11H19N3O4S. The molecule has 0 aromatic heterocycles. The fourth-order valence-electron chi connectivity index (χ4n) is 1.15. The van der Waals surface area contributed by atoms with Crippen molar-refractivity contribution in [3.63, 3.8) is 0 Å². The van der Waals surface area contributed by atoms with Crippen LogP contribution in [0.25, 0.3) is 0 Å². The highest BCUT2D eigenvalue weighted by molar-refractivity contribution is 7.99. The average Bonchev–Trinajstić information content (AvgIpc) is 2.34. The fourth-order valence-corrected chi connectivity index (χ4v) is 1.92. The lowest BCUT2D eigenvalue weighted by Crippen LogP contribution is -2.49. The van der Waals surface area contributed by atoms with E-state index in [4.69, 9.17) is 16.6 Å². The van der Waals surface area contributed by atoms with Crippen molar-refractivity contribution in [3.05, 3.63) is 12.7 Å². The molecule has 0 aliphatic rings. The Bertz CT molecular complexity index is 349. The molecule has 0 aromatic rings. The number of aliphatic carboxylic acids is 1. The lowest BCUT2D eigenvalue weighted by Gasteiger charge is -2.17. The normalized spacial score (nSPS) is 13.3. The standard InChI is InChI=1S/C11H19N3O4S/c1-2-5-19-6-8(11(17)18)14-10(16)7(12)3-4-9(13)15/h2,7-8H,1,3-6,12H2,(H2,13,15)(H,14,16)(H,17,18)/t7-,8-/m0/s1. The van der Waals surface area contributed by atoms with E-state index in [1.54, 1.807) is 6.08 Å². The van der Waals surface area contributed by atoms with Crippen LogP contribution in [0.3, 0.4) is 0 Å². The van der Waals surface area contributed by atoms with Gasteiger partial charge in [-0.3, -0.25) is 9.59 Å². The van der Waals surface area contributed by atoms with Crippen LogP contribution in [0, 0.1) is 0 Å². The molecule has 8 heteroatoms. The summed E-state index contributed by atoms with van der Waals surface area (Å²) in [5, 5.41) is 11.3. The lowest BCUT2D eigenvalue weighted by molar-refractivity contribution is -0.141. The summed E-state index contributed by atoms with van der Waals surface area (Å²) < 4.78 is 0. The van der Waals surface area contributed by atoms with Crippen molar-refractivity contribution >= 4 is 29.5 Å². The molecular weight excluding hydrogens is 270 g/mol. The number of primary amides is 1. The van der Waals surface area contributed by atoms with Gasteiger partial charge in [-0.2, -0.15) is 11.8 Å². The molecule has 0 fully saturated rings. The van der Waals surface area contributed by atoms with Crippen LogP contribution in [-0.4, -0.2) is 46.5 Å². The van der Waals surface area contributed by atoms with Crippen molar-refractivity contribution in [2.24, 2.45) is 11.5 Å². The largest absolute Gasteiger partial charge is 0.480 e. The molecule has 0 rings (SSSR count). The first-order valence-electron chi connectivity index (χ1n) is 5.64. The predicted molar refractivity (Wildman–Crippen MR) is 73.5 cm³/mol. The highest BCUT2D eigenvalue weighted by Gasteiger charge is 2.23. The van der Waals surface area contributed by atoms with Gasteiger partial charge in [-0.15, -0.1) is 6.58 Å². The maximum absolute atomic E-state index is 11.6.